The number of nitrogens with zero attached hydrogens (tertiary/aromatic N) is 1. The number of hydrogen-bond donors (Lipinski definition) is 0. The highest BCUT2D eigenvalue weighted by molar-refractivity contribution is 7.21. The van der Waals surface area contributed by atoms with Gasteiger partial charge in [-0.15, -0.1) is 11.3 Å². The van der Waals surface area contributed by atoms with Crippen LogP contribution in [0.1, 0.15) is 22.3 Å². The molecule has 0 N–H and O–H groups in total. The second kappa shape index (κ2) is 6.66. The summed E-state index contributed by atoms with van der Waals surface area (Å²) in [7, 11) is 0. The van der Waals surface area contributed by atoms with Gasteiger partial charge in [-0.25, -0.2) is 4.98 Å². The number of aromatic nitrogens is 1. The Morgan fingerprint density at radius 3 is 2.16 bits per heavy atom. The van der Waals surface area contributed by atoms with Crippen molar-refractivity contribution in [3.8, 4) is 10.6 Å². The quantitative estimate of drug-likeness (QED) is 0.376. The molecule has 4 aromatic rings. The number of aryl methyl sites for hydroxylation is 2. The zero-order chi connectivity index (χ0) is 17.2. The standard InChI is InChI=1S/C23H19NS/c1-16-8-15-21-22(17(16)2)25-23(24-21)20-13-11-19(12-14-20)10-9-18-6-4-3-5-7-18/h3-15H,1-2H3/b10-9+. The summed E-state index contributed by atoms with van der Waals surface area (Å²) in [6.45, 7) is 4.33. The molecule has 4 rings (SSSR count). The molecule has 0 amide bonds. The van der Waals surface area contributed by atoms with Crippen LogP contribution < -0.4 is 0 Å². The van der Waals surface area contributed by atoms with Crippen molar-refractivity contribution in [2.75, 3.05) is 0 Å². The molecular weight excluding hydrogens is 322 g/mol. The molecular formula is C23H19NS. The molecule has 0 fully saturated rings. The van der Waals surface area contributed by atoms with Crippen LogP contribution in [-0.4, -0.2) is 4.98 Å². The highest BCUT2D eigenvalue weighted by Gasteiger charge is 2.09. The van der Waals surface area contributed by atoms with E-state index in [1.54, 1.807) is 11.3 Å². The Hall–Kier alpha value is -2.71. The van der Waals surface area contributed by atoms with Gasteiger partial charge in [0.25, 0.3) is 0 Å². The molecule has 0 spiro atoms. The zero-order valence-corrected chi connectivity index (χ0v) is 15.2. The summed E-state index contributed by atoms with van der Waals surface area (Å²) in [5.74, 6) is 0. The average Bonchev–Trinajstić information content (AvgIpc) is 3.09. The van der Waals surface area contributed by atoms with Gasteiger partial charge in [0.2, 0.25) is 0 Å². The van der Waals surface area contributed by atoms with Gasteiger partial charge in [0.1, 0.15) is 5.01 Å². The van der Waals surface area contributed by atoms with Crippen LogP contribution in [0.15, 0.2) is 66.7 Å². The Labute approximate surface area is 152 Å². The molecule has 0 aliphatic carbocycles. The van der Waals surface area contributed by atoms with E-state index in [1.165, 1.54) is 32.5 Å². The minimum Gasteiger partial charge on any atom is -0.236 e. The van der Waals surface area contributed by atoms with Gasteiger partial charge in [0.15, 0.2) is 0 Å². The van der Waals surface area contributed by atoms with Gasteiger partial charge in [-0.05, 0) is 42.2 Å². The van der Waals surface area contributed by atoms with Crippen molar-refractivity contribution in [1.29, 1.82) is 0 Å². The summed E-state index contributed by atoms with van der Waals surface area (Å²) in [5.41, 5.74) is 7.34. The van der Waals surface area contributed by atoms with Crippen molar-refractivity contribution < 1.29 is 0 Å². The van der Waals surface area contributed by atoms with Gasteiger partial charge in [-0.2, -0.15) is 0 Å². The van der Waals surface area contributed by atoms with Crippen LogP contribution in [0.5, 0.6) is 0 Å². The highest BCUT2D eigenvalue weighted by atomic mass is 32.1. The first kappa shape index (κ1) is 15.8. The van der Waals surface area contributed by atoms with Crippen LogP contribution in [0.3, 0.4) is 0 Å². The Bertz CT molecular complexity index is 1040. The first-order chi connectivity index (χ1) is 12.2. The van der Waals surface area contributed by atoms with E-state index in [1.807, 2.05) is 6.07 Å². The predicted molar refractivity (Wildman–Crippen MR) is 110 cm³/mol. The van der Waals surface area contributed by atoms with E-state index in [0.29, 0.717) is 0 Å². The first-order valence-electron chi connectivity index (χ1n) is 8.41. The third-order valence-corrected chi connectivity index (χ3v) is 5.74. The number of fused-ring (bicyclic) bond motifs is 1. The second-order valence-electron chi connectivity index (χ2n) is 6.24. The minimum atomic E-state index is 1.09. The fourth-order valence-corrected chi connectivity index (χ4v) is 3.96. The monoisotopic (exact) mass is 341 g/mol. The zero-order valence-electron chi connectivity index (χ0n) is 14.4. The molecule has 0 radical (unpaired) electrons. The van der Waals surface area contributed by atoms with E-state index in [0.717, 1.165) is 10.5 Å². The molecule has 1 aromatic heterocycles. The summed E-state index contributed by atoms with van der Waals surface area (Å²) < 4.78 is 1.29. The summed E-state index contributed by atoms with van der Waals surface area (Å²) >= 11 is 1.78. The van der Waals surface area contributed by atoms with Crippen LogP contribution in [0.4, 0.5) is 0 Å². The average molecular weight is 341 g/mol. The minimum absolute atomic E-state index is 1.09. The van der Waals surface area contributed by atoms with Crippen molar-refractivity contribution in [2.45, 2.75) is 13.8 Å². The predicted octanol–water partition coefficient (Wildman–Crippen LogP) is 6.75. The summed E-state index contributed by atoms with van der Waals surface area (Å²) in [4.78, 5) is 4.81. The Kier molecular flexibility index (Phi) is 4.21. The van der Waals surface area contributed by atoms with Crippen LogP contribution in [0, 0.1) is 13.8 Å². The van der Waals surface area contributed by atoms with Crippen molar-refractivity contribution in [3.63, 3.8) is 0 Å². The van der Waals surface area contributed by atoms with E-state index in [-0.39, 0.29) is 0 Å². The lowest BCUT2D eigenvalue weighted by molar-refractivity contribution is 1.37. The normalized spacial score (nSPS) is 11.4. The SMILES string of the molecule is Cc1ccc2nc(-c3ccc(/C=C/c4ccccc4)cc3)sc2c1C. The smallest absolute Gasteiger partial charge is 0.124 e. The largest absolute Gasteiger partial charge is 0.236 e. The Morgan fingerprint density at radius 1 is 0.760 bits per heavy atom. The van der Waals surface area contributed by atoms with Crippen LogP contribution in [0.25, 0.3) is 32.9 Å². The van der Waals surface area contributed by atoms with Gasteiger partial charge in [0, 0.05) is 5.56 Å². The lowest BCUT2D eigenvalue weighted by atomic mass is 10.1. The highest BCUT2D eigenvalue weighted by Crippen LogP contribution is 2.33. The van der Waals surface area contributed by atoms with E-state index in [4.69, 9.17) is 4.98 Å². The maximum Gasteiger partial charge on any atom is 0.124 e. The molecule has 122 valence electrons. The number of rotatable bonds is 3. The Balaban J connectivity index is 1.62. The van der Waals surface area contributed by atoms with Crippen molar-refractivity contribution in [3.05, 3.63) is 89.0 Å². The van der Waals surface area contributed by atoms with Gasteiger partial charge in [-0.3, -0.25) is 0 Å². The lowest BCUT2D eigenvalue weighted by Gasteiger charge is -1.98. The molecule has 0 aliphatic heterocycles. The first-order valence-corrected chi connectivity index (χ1v) is 9.23. The number of thiazole rings is 1. The van der Waals surface area contributed by atoms with Gasteiger partial charge in [0.05, 0.1) is 10.2 Å². The molecule has 0 saturated carbocycles. The van der Waals surface area contributed by atoms with Crippen molar-refractivity contribution in [1.82, 2.24) is 4.98 Å². The topological polar surface area (TPSA) is 12.9 Å². The molecule has 2 heteroatoms. The molecule has 3 aromatic carbocycles. The lowest BCUT2D eigenvalue weighted by Crippen LogP contribution is -1.79. The van der Waals surface area contributed by atoms with E-state index in [2.05, 4.69) is 86.7 Å². The summed E-state index contributed by atoms with van der Waals surface area (Å²) in [5, 5.41) is 1.09. The fourth-order valence-electron chi connectivity index (χ4n) is 2.84. The van der Waals surface area contributed by atoms with Gasteiger partial charge < -0.3 is 0 Å². The summed E-state index contributed by atoms with van der Waals surface area (Å²) in [6.07, 6.45) is 4.28. The third kappa shape index (κ3) is 3.26. The molecule has 1 heterocycles. The molecule has 0 bridgehead atoms. The maximum atomic E-state index is 4.81. The fraction of sp³-hybridized carbons (Fsp3) is 0.0870. The van der Waals surface area contributed by atoms with Gasteiger partial charge >= 0.3 is 0 Å². The maximum absolute atomic E-state index is 4.81. The van der Waals surface area contributed by atoms with Gasteiger partial charge in [-0.1, -0.05) is 72.8 Å². The second-order valence-corrected chi connectivity index (χ2v) is 7.24. The van der Waals surface area contributed by atoms with Crippen molar-refractivity contribution in [2.24, 2.45) is 0 Å². The molecule has 1 nitrogen and oxygen atoms in total. The molecule has 0 atom stereocenters. The van der Waals surface area contributed by atoms with E-state index < -0.39 is 0 Å². The molecule has 0 unspecified atom stereocenters. The summed E-state index contributed by atoms with van der Waals surface area (Å²) in [6, 6.07) is 23.2. The van der Waals surface area contributed by atoms with E-state index >= 15 is 0 Å². The number of hydrogen-bond acceptors (Lipinski definition) is 2. The van der Waals surface area contributed by atoms with E-state index in [9.17, 15) is 0 Å². The third-order valence-electron chi connectivity index (χ3n) is 4.50. The van der Waals surface area contributed by atoms with Crippen molar-refractivity contribution >= 4 is 33.7 Å². The van der Waals surface area contributed by atoms with Crippen LogP contribution in [0.2, 0.25) is 0 Å². The number of benzene rings is 3. The van der Waals surface area contributed by atoms with Crippen LogP contribution >= 0.6 is 11.3 Å². The Morgan fingerprint density at radius 2 is 1.44 bits per heavy atom. The molecule has 0 aliphatic rings. The molecule has 25 heavy (non-hydrogen) atoms. The van der Waals surface area contributed by atoms with Crippen LogP contribution in [-0.2, 0) is 0 Å². The molecule has 0 saturated heterocycles.